The molecule has 152 valence electrons. The van der Waals surface area contributed by atoms with Gasteiger partial charge in [0.1, 0.15) is 5.75 Å². The molecule has 9 heteroatoms. The number of nitrogens with one attached hydrogen (secondary N) is 1. The van der Waals surface area contributed by atoms with Crippen LogP contribution in [-0.4, -0.2) is 65.9 Å². The van der Waals surface area contributed by atoms with Crippen molar-refractivity contribution in [1.82, 2.24) is 14.8 Å². The standard InChI is InChI=1S/C20H22N4O3S2/c1-2-27-14-5-6-15-17(12-14)29-20(21-15)22-18(25)13-23-7-9-24(10-8-23)19(26)16-4-3-11-28-16/h3-6,11-12H,2,7-10,13H2,1H3,(H,21,22,25). The average Bonchev–Trinajstić information content (AvgIpc) is 3.37. The maximum atomic E-state index is 12.4. The number of hydrogen-bond acceptors (Lipinski definition) is 7. The molecule has 0 bridgehead atoms. The van der Waals surface area contributed by atoms with Crippen LogP contribution in [0.25, 0.3) is 10.2 Å². The quantitative estimate of drug-likeness (QED) is 0.650. The van der Waals surface area contributed by atoms with E-state index in [9.17, 15) is 9.59 Å². The minimum atomic E-state index is -0.0906. The second kappa shape index (κ2) is 8.89. The third-order valence-electron chi connectivity index (χ3n) is 4.68. The molecule has 1 N–H and O–H groups in total. The van der Waals surface area contributed by atoms with Crippen molar-refractivity contribution in [2.24, 2.45) is 0 Å². The van der Waals surface area contributed by atoms with Gasteiger partial charge in [0.05, 0.1) is 28.2 Å². The smallest absolute Gasteiger partial charge is 0.264 e. The number of thiophene rings is 1. The summed E-state index contributed by atoms with van der Waals surface area (Å²) in [7, 11) is 0. The van der Waals surface area contributed by atoms with E-state index in [4.69, 9.17) is 4.74 Å². The van der Waals surface area contributed by atoms with Crippen molar-refractivity contribution < 1.29 is 14.3 Å². The number of carbonyl (C=O) groups excluding carboxylic acids is 2. The third-order valence-corrected chi connectivity index (χ3v) is 6.47. The number of nitrogens with zero attached hydrogens (tertiary/aromatic N) is 3. The number of ether oxygens (including phenoxy) is 1. The van der Waals surface area contributed by atoms with Crippen molar-refractivity contribution in [2.75, 3.05) is 44.6 Å². The lowest BCUT2D eigenvalue weighted by Crippen LogP contribution is -2.50. The molecule has 4 rings (SSSR count). The highest BCUT2D eigenvalue weighted by Gasteiger charge is 2.24. The van der Waals surface area contributed by atoms with Crippen LogP contribution in [-0.2, 0) is 4.79 Å². The molecule has 1 aromatic carbocycles. The van der Waals surface area contributed by atoms with Crippen molar-refractivity contribution in [3.63, 3.8) is 0 Å². The maximum Gasteiger partial charge on any atom is 0.264 e. The van der Waals surface area contributed by atoms with Gasteiger partial charge < -0.3 is 15.0 Å². The topological polar surface area (TPSA) is 74.8 Å². The Bertz CT molecular complexity index is 995. The molecule has 0 unspecified atom stereocenters. The first-order valence-corrected chi connectivity index (χ1v) is 11.2. The number of rotatable bonds is 6. The fraction of sp³-hybridized carbons (Fsp3) is 0.350. The second-order valence-corrected chi connectivity index (χ2v) is 8.65. The minimum absolute atomic E-state index is 0.0741. The Morgan fingerprint density at radius 3 is 2.76 bits per heavy atom. The number of piperazine rings is 1. The van der Waals surface area contributed by atoms with Crippen LogP contribution in [0.4, 0.5) is 5.13 Å². The first-order chi connectivity index (χ1) is 14.1. The van der Waals surface area contributed by atoms with Crippen molar-refractivity contribution in [1.29, 1.82) is 0 Å². The summed E-state index contributed by atoms with van der Waals surface area (Å²) in [5.74, 6) is 0.786. The van der Waals surface area contributed by atoms with Crippen LogP contribution in [0.1, 0.15) is 16.6 Å². The van der Waals surface area contributed by atoms with Gasteiger partial charge in [-0.2, -0.15) is 0 Å². The minimum Gasteiger partial charge on any atom is -0.494 e. The zero-order valence-corrected chi connectivity index (χ0v) is 17.7. The van der Waals surface area contributed by atoms with E-state index >= 15 is 0 Å². The molecule has 0 saturated carbocycles. The number of anilines is 1. The first kappa shape index (κ1) is 19.8. The van der Waals surface area contributed by atoms with E-state index in [0.717, 1.165) is 20.8 Å². The summed E-state index contributed by atoms with van der Waals surface area (Å²) in [6.45, 7) is 5.47. The number of amides is 2. The molecule has 1 aliphatic heterocycles. The van der Waals surface area contributed by atoms with Crippen LogP contribution < -0.4 is 10.1 Å². The molecule has 0 radical (unpaired) electrons. The zero-order valence-electron chi connectivity index (χ0n) is 16.1. The highest BCUT2D eigenvalue weighted by atomic mass is 32.1. The fourth-order valence-corrected chi connectivity index (χ4v) is 4.84. The molecule has 1 fully saturated rings. The van der Waals surface area contributed by atoms with Crippen molar-refractivity contribution >= 4 is 49.8 Å². The van der Waals surface area contributed by atoms with Gasteiger partial charge in [0, 0.05) is 26.2 Å². The first-order valence-electron chi connectivity index (χ1n) is 9.51. The molecule has 0 atom stereocenters. The molecule has 29 heavy (non-hydrogen) atoms. The Morgan fingerprint density at radius 1 is 1.21 bits per heavy atom. The van der Waals surface area contributed by atoms with Gasteiger partial charge >= 0.3 is 0 Å². The van der Waals surface area contributed by atoms with Gasteiger partial charge in [-0.05, 0) is 36.6 Å². The van der Waals surface area contributed by atoms with Gasteiger partial charge in [0.25, 0.3) is 5.91 Å². The molecule has 2 amide bonds. The summed E-state index contributed by atoms with van der Waals surface area (Å²) in [6, 6.07) is 9.46. The van der Waals surface area contributed by atoms with Crippen LogP contribution in [0.15, 0.2) is 35.7 Å². The third kappa shape index (κ3) is 4.75. The van der Waals surface area contributed by atoms with Gasteiger partial charge in [-0.25, -0.2) is 4.98 Å². The largest absolute Gasteiger partial charge is 0.494 e. The Balaban J connectivity index is 1.29. The summed E-state index contributed by atoms with van der Waals surface area (Å²) in [5, 5.41) is 5.39. The molecule has 3 heterocycles. The van der Waals surface area contributed by atoms with Crippen LogP contribution in [0, 0.1) is 0 Å². The van der Waals surface area contributed by atoms with Crippen molar-refractivity contribution in [3.8, 4) is 5.75 Å². The van der Waals surface area contributed by atoms with E-state index in [-0.39, 0.29) is 11.8 Å². The van der Waals surface area contributed by atoms with E-state index in [2.05, 4.69) is 15.2 Å². The predicted molar refractivity (Wildman–Crippen MR) is 116 cm³/mol. The second-order valence-electron chi connectivity index (χ2n) is 6.68. The number of carbonyl (C=O) groups is 2. The molecular weight excluding hydrogens is 408 g/mol. The summed E-state index contributed by atoms with van der Waals surface area (Å²) >= 11 is 2.90. The van der Waals surface area contributed by atoms with Crippen LogP contribution in [0.2, 0.25) is 0 Å². The molecule has 0 spiro atoms. The molecule has 3 aromatic rings. The lowest BCUT2D eigenvalue weighted by molar-refractivity contribution is -0.117. The lowest BCUT2D eigenvalue weighted by atomic mass is 10.3. The maximum absolute atomic E-state index is 12.4. The molecular formula is C20H22N4O3S2. The summed E-state index contributed by atoms with van der Waals surface area (Å²) in [5.41, 5.74) is 0.842. The monoisotopic (exact) mass is 430 g/mol. The van der Waals surface area contributed by atoms with Gasteiger partial charge in [0.15, 0.2) is 5.13 Å². The number of thiazole rings is 1. The average molecular weight is 431 g/mol. The van der Waals surface area contributed by atoms with Gasteiger partial charge in [-0.15, -0.1) is 11.3 Å². The van der Waals surface area contributed by atoms with Gasteiger partial charge in [-0.3, -0.25) is 14.5 Å². The van der Waals surface area contributed by atoms with Crippen LogP contribution >= 0.6 is 22.7 Å². The summed E-state index contributed by atoms with van der Waals surface area (Å²) in [6.07, 6.45) is 0. The Kier molecular flexibility index (Phi) is 6.08. The number of aromatic nitrogens is 1. The van der Waals surface area contributed by atoms with E-state index in [0.29, 0.717) is 44.5 Å². The van der Waals surface area contributed by atoms with Crippen LogP contribution in [0.5, 0.6) is 5.75 Å². The Labute approximate surface area is 176 Å². The Morgan fingerprint density at radius 2 is 2.03 bits per heavy atom. The van der Waals surface area contributed by atoms with E-state index in [1.165, 1.54) is 22.7 Å². The molecule has 1 saturated heterocycles. The van der Waals surface area contributed by atoms with Crippen molar-refractivity contribution in [3.05, 3.63) is 40.6 Å². The van der Waals surface area contributed by atoms with E-state index in [1.54, 1.807) is 0 Å². The highest BCUT2D eigenvalue weighted by molar-refractivity contribution is 7.22. The molecule has 7 nitrogen and oxygen atoms in total. The van der Waals surface area contributed by atoms with E-state index < -0.39 is 0 Å². The van der Waals surface area contributed by atoms with Gasteiger partial charge in [0.2, 0.25) is 5.91 Å². The zero-order chi connectivity index (χ0) is 20.2. The number of hydrogen-bond donors (Lipinski definition) is 1. The molecule has 0 aliphatic carbocycles. The normalized spacial score (nSPS) is 14.9. The lowest BCUT2D eigenvalue weighted by Gasteiger charge is -2.34. The molecule has 2 aromatic heterocycles. The summed E-state index contributed by atoms with van der Waals surface area (Å²) < 4.78 is 6.49. The SMILES string of the molecule is CCOc1ccc2nc(NC(=O)CN3CCN(C(=O)c4cccs4)CC3)sc2c1. The highest BCUT2D eigenvalue weighted by Crippen LogP contribution is 2.29. The number of benzene rings is 1. The van der Waals surface area contributed by atoms with E-state index in [1.807, 2.05) is 47.5 Å². The predicted octanol–water partition coefficient (Wildman–Crippen LogP) is 3.15. The van der Waals surface area contributed by atoms with Crippen molar-refractivity contribution in [2.45, 2.75) is 6.92 Å². The van der Waals surface area contributed by atoms with Crippen LogP contribution in [0.3, 0.4) is 0 Å². The fourth-order valence-electron chi connectivity index (χ4n) is 3.24. The Hall–Kier alpha value is -2.49. The summed E-state index contributed by atoms with van der Waals surface area (Å²) in [4.78, 5) is 34.0. The van der Waals surface area contributed by atoms with Gasteiger partial charge in [-0.1, -0.05) is 17.4 Å². The number of fused-ring (bicyclic) bond motifs is 1. The molecule has 1 aliphatic rings.